The van der Waals surface area contributed by atoms with Gasteiger partial charge in [0.2, 0.25) is 0 Å². The molecule has 0 aromatic rings. The molecule has 1 heterocycles. The Morgan fingerprint density at radius 3 is 2.58 bits per heavy atom. The largest absolute Gasteiger partial charge is 0.317 e. The molecule has 1 saturated heterocycles. The lowest BCUT2D eigenvalue weighted by atomic mass is 9.85. The van der Waals surface area contributed by atoms with Crippen LogP contribution < -0.4 is 5.32 Å². The van der Waals surface area contributed by atoms with E-state index in [1.807, 2.05) is 0 Å². The van der Waals surface area contributed by atoms with Crippen LogP contribution in [0.15, 0.2) is 0 Å². The number of piperidine rings is 1. The Hall–Kier alpha value is -0.370. The maximum absolute atomic E-state index is 7.96. The van der Waals surface area contributed by atoms with Gasteiger partial charge >= 0.3 is 0 Å². The molecular formula is C10H20N2. The summed E-state index contributed by atoms with van der Waals surface area (Å²) in [7, 11) is 0. The Labute approximate surface area is 75.3 Å². The summed E-state index contributed by atoms with van der Waals surface area (Å²) in [6.45, 7) is 6.54. The minimum atomic E-state index is 0.494. The molecule has 1 aliphatic rings. The molecule has 0 unspecified atom stereocenters. The summed E-state index contributed by atoms with van der Waals surface area (Å²) in [5, 5.41) is 11.3. The molecule has 0 spiro atoms. The molecule has 0 amide bonds. The van der Waals surface area contributed by atoms with E-state index in [4.69, 9.17) is 5.41 Å². The zero-order valence-corrected chi connectivity index (χ0v) is 8.19. The van der Waals surface area contributed by atoms with E-state index in [0.717, 1.165) is 25.2 Å². The molecule has 1 aliphatic heterocycles. The highest BCUT2D eigenvalue weighted by molar-refractivity contribution is 5.85. The van der Waals surface area contributed by atoms with E-state index in [9.17, 15) is 0 Å². The first kappa shape index (κ1) is 9.72. The third-order valence-corrected chi connectivity index (χ3v) is 2.92. The number of hydrogen-bond acceptors (Lipinski definition) is 2. The quantitative estimate of drug-likeness (QED) is 0.622. The van der Waals surface area contributed by atoms with E-state index in [1.54, 1.807) is 0 Å². The number of hydrogen-bond donors (Lipinski definition) is 2. The average molecular weight is 168 g/mol. The summed E-state index contributed by atoms with van der Waals surface area (Å²) in [4.78, 5) is 0. The lowest BCUT2D eigenvalue weighted by molar-refractivity contribution is 0.441. The molecule has 0 aliphatic carbocycles. The second kappa shape index (κ2) is 4.61. The van der Waals surface area contributed by atoms with Crippen molar-refractivity contribution in [3.63, 3.8) is 0 Å². The Balaban J connectivity index is 2.39. The molecule has 1 atom stereocenters. The zero-order valence-electron chi connectivity index (χ0n) is 8.19. The molecule has 0 aromatic carbocycles. The normalized spacial score (nSPS) is 22.2. The first-order valence-electron chi connectivity index (χ1n) is 5.04. The maximum atomic E-state index is 7.96. The van der Waals surface area contributed by atoms with Gasteiger partial charge in [0.15, 0.2) is 0 Å². The van der Waals surface area contributed by atoms with Gasteiger partial charge in [0.05, 0.1) is 0 Å². The first-order valence-corrected chi connectivity index (χ1v) is 5.04. The van der Waals surface area contributed by atoms with Gasteiger partial charge in [-0.15, -0.1) is 0 Å². The van der Waals surface area contributed by atoms with Crippen molar-refractivity contribution in [3.05, 3.63) is 0 Å². The van der Waals surface area contributed by atoms with Crippen LogP contribution in [0.4, 0.5) is 0 Å². The fraction of sp³-hybridized carbons (Fsp3) is 0.900. The van der Waals surface area contributed by atoms with Gasteiger partial charge in [0.25, 0.3) is 0 Å². The Kier molecular flexibility index (Phi) is 3.73. The molecule has 0 bridgehead atoms. The summed E-state index contributed by atoms with van der Waals surface area (Å²) in [5.41, 5.74) is 0.985. The van der Waals surface area contributed by atoms with Crippen molar-refractivity contribution in [3.8, 4) is 0 Å². The van der Waals surface area contributed by atoms with Gasteiger partial charge in [0.1, 0.15) is 0 Å². The second-order valence-electron chi connectivity index (χ2n) is 3.79. The van der Waals surface area contributed by atoms with Gasteiger partial charge in [-0.1, -0.05) is 13.8 Å². The monoisotopic (exact) mass is 168 g/mol. The van der Waals surface area contributed by atoms with Crippen molar-refractivity contribution < 1.29 is 0 Å². The number of nitrogens with one attached hydrogen (secondary N) is 2. The summed E-state index contributed by atoms with van der Waals surface area (Å²) >= 11 is 0. The highest BCUT2D eigenvalue weighted by atomic mass is 14.9. The highest BCUT2D eigenvalue weighted by Gasteiger charge is 2.20. The van der Waals surface area contributed by atoms with Gasteiger partial charge in [-0.2, -0.15) is 0 Å². The van der Waals surface area contributed by atoms with Gasteiger partial charge < -0.3 is 10.7 Å². The molecule has 70 valence electrons. The van der Waals surface area contributed by atoms with Crippen LogP contribution in [0.2, 0.25) is 0 Å². The van der Waals surface area contributed by atoms with Crippen molar-refractivity contribution in [2.24, 2.45) is 11.8 Å². The summed E-state index contributed by atoms with van der Waals surface area (Å²) in [6, 6.07) is 0. The smallest absolute Gasteiger partial charge is 0.0149 e. The average Bonchev–Trinajstić information content (AvgIpc) is 2.17. The molecule has 0 radical (unpaired) electrons. The van der Waals surface area contributed by atoms with Crippen LogP contribution >= 0.6 is 0 Å². The lowest BCUT2D eigenvalue weighted by Crippen LogP contribution is -2.33. The fourth-order valence-corrected chi connectivity index (χ4v) is 1.76. The molecular weight excluding hydrogens is 148 g/mol. The van der Waals surface area contributed by atoms with E-state index >= 15 is 0 Å². The molecule has 2 N–H and O–H groups in total. The van der Waals surface area contributed by atoms with E-state index in [-0.39, 0.29) is 0 Å². The third kappa shape index (κ3) is 2.31. The standard InChI is InChI=1S/C10H20N2/c1-3-8(2)10(11)9-4-6-12-7-5-9/h8-9,11-12H,3-7H2,1-2H3/t8-/m0/s1. The fourth-order valence-electron chi connectivity index (χ4n) is 1.76. The second-order valence-corrected chi connectivity index (χ2v) is 3.79. The Bertz CT molecular complexity index is 148. The van der Waals surface area contributed by atoms with Crippen molar-refractivity contribution in [2.45, 2.75) is 33.1 Å². The summed E-state index contributed by atoms with van der Waals surface area (Å²) in [6.07, 6.45) is 3.45. The van der Waals surface area contributed by atoms with Gasteiger partial charge in [0, 0.05) is 5.71 Å². The van der Waals surface area contributed by atoms with Crippen LogP contribution in [0.25, 0.3) is 0 Å². The number of rotatable bonds is 3. The minimum absolute atomic E-state index is 0.494. The molecule has 0 aromatic heterocycles. The van der Waals surface area contributed by atoms with Crippen LogP contribution in [-0.4, -0.2) is 18.8 Å². The Morgan fingerprint density at radius 2 is 2.08 bits per heavy atom. The van der Waals surface area contributed by atoms with Crippen LogP contribution in [0, 0.1) is 17.2 Å². The minimum Gasteiger partial charge on any atom is -0.317 e. The molecule has 1 rings (SSSR count). The van der Waals surface area contributed by atoms with E-state index in [2.05, 4.69) is 19.2 Å². The van der Waals surface area contributed by atoms with Crippen molar-refractivity contribution in [1.82, 2.24) is 5.32 Å². The van der Waals surface area contributed by atoms with E-state index in [0.29, 0.717) is 11.8 Å². The molecule has 2 heteroatoms. The predicted molar refractivity (Wildman–Crippen MR) is 52.8 cm³/mol. The lowest BCUT2D eigenvalue weighted by Gasteiger charge is -2.26. The van der Waals surface area contributed by atoms with Gasteiger partial charge in [-0.25, -0.2) is 0 Å². The van der Waals surface area contributed by atoms with Gasteiger partial charge in [-0.3, -0.25) is 0 Å². The van der Waals surface area contributed by atoms with Crippen LogP contribution in [-0.2, 0) is 0 Å². The molecule has 2 nitrogen and oxygen atoms in total. The van der Waals surface area contributed by atoms with Crippen molar-refractivity contribution in [1.29, 1.82) is 5.41 Å². The first-order chi connectivity index (χ1) is 5.75. The van der Waals surface area contributed by atoms with Crippen LogP contribution in [0.3, 0.4) is 0 Å². The SMILES string of the molecule is CC[C@H](C)C(=N)C1CCNCC1. The van der Waals surface area contributed by atoms with Crippen molar-refractivity contribution in [2.75, 3.05) is 13.1 Å². The highest BCUT2D eigenvalue weighted by Crippen LogP contribution is 2.19. The molecule has 1 fully saturated rings. The topological polar surface area (TPSA) is 35.9 Å². The van der Waals surface area contributed by atoms with Crippen LogP contribution in [0.5, 0.6) is 0 Å². The summed E-state index contributed by atoms with van der Waals surface area (Å²) < 4.78 is 0. The van der Waals surface area contributed by atoms with Crippen LogP contribution in [0.1, 0.15) is 33.1 Å². The predicted octanol–water partition coefficient (Wildman–Crippen LogP) is 2.05. The van der Waals surface area contributed by atoms with Crippen molar-refractivity contribution >= 4 is 5.71 Å². The maximum Gasteiger partial charge on any atom is 0.0149 e. The van der Waals surface area contributed by atoms with E-state index < -0.39 is 0 Å². The third-order valence-electron chi connectivity index (χ3n) is 2.92. The molecule has 12 heavy (non-hydrogen) atoms. The zero-order chi connectivity index (χ0) is 8.97. The summed E-state index contributed by atoms with van der Waals surface area (Å²) in [5.74, 6) is 1.06. The Morgan fingerprint density at radius 1 is 1.50 bits per heavy atom. The molecule has 0 saturated carbocycles. The van der Waals surface area contributed by atoms with Gasteiger partial charge in [-0.05, 0) is 44.2 Å². The van der Waals surface area contributed by atoms with E-state index in [1.165, 1.54) is 12.8 Å².